The van der Waals surface area contributed by atoms with Crippen molar-refractivity contribution in [2.45, 2.75) is 122 Å². The minimum Gasteiger partial charge on any atom is -0.464 e. The van der Waals surface area contributed by atoms with Crippen LogP contribution in [0, 0.1) is 17.8 Å². The molecule has 0 saturated carbocycles. The minimum absolute atomic E-state index is 0.0111. The molecule has 1 aliphatic heterocycles. The molecule has 1 saturated heterocycles. The van der Waals surface area contributed by atoms with E-state index >= 15 is 0 Å². The lowest BCUT2D eigenvalue weighted by Crippen LogP contribution is -2.55. The summed E-state index contributed by atoms with van der Waals surface area (Å²) in [6.45, 7) is 11.8. The molecule has 1 aromatic carbocycles. The molecule has 1 heterocycles. The summed E-state index contributed by atoms with van der Waals surface area (Å²) in [5.41, 5.74) is 6.39. The molecule has 334 valence electrons. The van der Waals surface area contributed by atoms with Crippen LogP contribution < -0.4 is 21.7 Å². The van der Waals surface area contributed by atoms with Gasteiger partial charge in [-0.3, -0.25) is 33.7 Å². The highest BCUT2D eigenvalue weighted by atomic mass is 16.5. The van der Waals surface area contributed by atoms with E-state index in [2.05, 4.69) is 16.0 Å². The van der Waals surface area contributed by atoms with E-state index in [1.807, 2.05) is 77.0 Å². The molecule has 1 aromatic rings. The van der Waals surface area contributed by atoms with E-state index in [4.69, 9.17) is 19.9 Å². The molecule has 0 bridgehead atoms. The standard InChI is InChI=1S/C43H73N7O9/c1-12-28(4)38(49(9)36(52)26-46-42(55)37(27(2)3)48(7)8)34(57-10)25-35(51)50-22-16-20-33(50)39(58-11)29(5)40(53)47-32(24-31-18-14-13-15-19-31)41(54)45-21-17-23-59-43(56)30(6)44/h13-15,18-19,27-30,32-34,37-39H,12,16-17,20-26,44H2,1-11H3,(H,45,54)(H,46,55)(H,47,53)/t28-,29+,30-,32-,33-,34+,37-,38-,39+/m0/s1. The topological polar surface area (TPSA) is 202 Å². The molecule has 9 atom stereocenters. The molecule has 16 heteroatoms. The number of hydrogen-bond acceptors (Lipinski definition) is 11. The fourth-order valence-electron chi connectivity index (χ4n) is 7.92. The van der Waals surface area contributed by atoms with Crippen LogP contribution in [0.4, 0.5) is 0 Å². The molecule has 1 aliphatic rings. The molecular formula is C43H73N7O9. The summed E-state index contributed by atoms with van der Waals surface area (Å²) in [6.07, 6.45) is 1.30. The van der Waals surface area contributed by atoms with Gasteiger partial charge in [0, 0.05) is 40.8 Å². The normalized spacial score (nSPS) is 18.2. The van der Waals surface area contributed by atoms with Gasteiger partial charge in [-0.25, -0.2) is 0 Å². The first kappa shape index (κ1) is 51.0. The van der Waals surface area contributed by atoms with E-state index in [1.54, 1.807) is 23.8 Å². The Bertz CT molecular complexity index is 1490. The van der Waals surface area contributed by atoms with Gasteiger partial charge in [-0.05, 0) is 57.7 Å². The number of benzene rings is 1. The molecule has 0 aliphatic carbocycles. The lowest BCUT2D eigenvalue weighted by molar-refractivity contribution is -0.146. The van der Waals surface area contributed by atoms with Crippen LogP contribution in [-0.4, -0.2) is 154 Å². The first-order chi connectivity index (χ1) is 27.9. The Morgan fingerprint density at radius 3 is 2.14 bits per heavy atom. The molecule has 0 aromatic heterocycles. The van der Waals surface area contributed by atoms with Crippen molar-refractivity contribution in [3.8, 4) is 0 Å². The number of hydrogen-bond donors (Lipinski definition) is 4. The number of likely N-dealkylation sites (tertiary alicyclic amines) is 1. The third kappa shape index (κ3) is 15.5. The number of rotatable bonds is 25. The third-order valence-corrected chi connectivity index (χ3v) is 11.3. The Balaban J connectivity index is 2.19. The zero-order valence-corrected chi connectivity index (χ0v) is 37.3. The van der Waals surface area contributed by atoms with Crippen molar-refractivity contribution in [3.63, 3.8) is 0 Å². The van der Waals surface area contributed by atoms with E-state index in [-0.39, 0.29) is 68.0 Å². The molecule has 59 heavy (non-hydrogen) atoms. The molecule has 16 nitrogen and oxygen atoms in total. The van der Waals surface area contributed by atoms with E-state index < -0.39 is 60.2 Å². The van der Waals surface area contributed by atoms with Gasteiger partial charge in [-0.15, -0.1) is 0 Å². The maximum Gasteiger partial charge on any atom is 0.322 e. The number of nitrogens with two attached hydrogens (primary N) is 1. The minimum atomic E-state index is -0.907. The number of methoxy groups -OCH3 is 2. The summed E-state index contributed by atoms with van der Waals surface area (Å²) in [4.78, 5) is 84.9. The van der Waals surface area contributed by atoms with E-state index in [9.17, 15) is 28.8 Å². The van der Waals surface area contributed by atoms with E-state index in [0.717, 1.165) is 12.0 Å². The molecule has 2 rings (SSSR count). The Kier molecular flexibility index (Phi) is 22.0. The van der Waals surface area contributed by atoms with E-state index in [0.29, 0.717) is 25.8 Å². The molecular weight excluding hydrogens is 759 g/mol. The highest BCUT2D eigenvalue weighted by Crippen LogP contribution is 2.29. The summed E-state index contributed by atoms with van der Waals surface area (Å²) in [6, 6.07) is 6.42. The number of carbonyl (C=O) groups is 6. The van der Waals surface area contributed by atoms with Gasteiger partial charge in [0.15, 0.2) is 0 Å². The highest BCUT2D eigenvalue weighted by Gasteiger charge is 2.42. The number of esters is 1. The van der Waals surface area contributed by atoms with Gasteiger partial charge in [0.1, 0.15) is 12.1 Å². The van der Waals surface area contributed by atoms with Crippen LogP contribution in [-0.2, 0) is 49.4 Å². The lowest BCUT2D eigenvalue weighted by atomic mass is 9.90. The van der Waals surface area contributed by atoms with Crippen molar-refractivity contribution in [2.24, 2.45) is 23.5 Å². The van der Waals surface area contributed by atoms with Crippen molar-refractivity contribution in [2.75, 3.05) is 61.6 Å². The Morgan fingerprint density at radius 2 is 1.58 bits per heavy atom. The Morgan fingerprint density at radius 1 is 0.915 bits per heavy atom. The van der Waals surface area contributed by atoms with Crippen molar-refractivity contribution in [3.05, 3.63) is 35.9 Å². The summed E-state index contributed by atoms with van der Waals surface area (Å²) in [5.74, 6) is -2.75. The van der Waals surface area contributed by atoms with Crippen LogP contribution in [0.3, 0.4) is 0 Å². The molecule has 0 unspecified atom stereocenters. The van der Waals surface area contributed by atoms with Gasteiger partial charge in [-0.1, -0.05) is 71.4 Å². The van der Waals surface area contributed by atoms with Gasteiger partial charge in [0.05, 0.1) is 55.8 Å². The Labute approximate surface area is 352 Å². The zero-order valence-electron chi connectivity index (χ0n) is 37.3. The number of ether oxygens (including phenoxy) is 3. The molecule has 5 N–H and O–H groups in total. The van der Waals surface area contributed by atoms with Crippen molar-refractivity contribution in [1.29, 1.82) is 0 Å². The second-order valence-corrected chi connectivity index (χ2v) is 16.4. The second kappa shape index (κ2) is 25.5. The average molecular weight is 832 g/mol. The fraction of sp³-hybridized carbons (Fsp3) is 0.721. The van der Waals surface area contributed by atoms with Crippen molar-refractivity contribution in [1.82, 2.24) is 30.7 Å². The van der Waals surface area contributed by atoms with Gasteiger partial charge >= 0.3 is 5.97 Å². The molecule has 0 spiro atoms. The lowest BCUT2D eigenvalue weighted by Gasteiger charge is -2.39. The summed E-state index contributed by atoms with van der Waals surface area (Å²) >= 11 is 0. The largest absolute Gasteiger partial charge is 0.464 e. The fourth-order valence-corrected chi connectivity index (χ4v) is 7.92. The monoisotopic (exact) mass is 832 g/mol. The Hall–Kier alpha value is -4.12. The van der Waals surface area contributed by atoms with Crippen LogP contribution in [0.25, 0.3) is 0 Å². The zero-order chi connectivity index (χ0) is 44.4. The summed E-state index contributed by atoms with van der Waals surface area (Å²) in [7, 11) is 8.38. The molecule has 5 amide bonds. The van der Waals surface area contributed by atoms with Crippen LogP contribution in [0.15, 0.2) is 30.3 Å². The average Bonchev–Trinajstić information content (AvgIpc) is 3.68. The quantitative estimate of drug-likeness (QED) is 0.0827. The van der Waals surface area contributed by atoms with Crippen LogP contribution in [0.2, 0.25) is 0 Å². The maximum absolute atomic E-state index is 14.2. The summed E-state index contributed by atoms with van der Waals surface area (Å²) < 4.78 is 17.0. The predicted molar refractivity (Wildman–Crippen MR) is 226 cm³/mol. The third-order valence-electron chi connectivity index (χ3n) is 11.3. The first-order valence-corrected chi connectivity index (χ1v) is 21.0. The maximum atomic E-state index is 14.2. The first-order valence-electron chi connectivity index (χ1n) is 21.0. The predicted octanol–water partition coefficient (Wildman–Crippen LogP) is 1.73. The van der Waals surface area contributed by atoms with Gasteiger partial charge in [0.2, 0.25) is 29.5 Å². The number of nitrogens with zero attached hydrogens (tertiary/aromatic N) is 3. The van der Waals surface area contributed by atoms with Crippen molar-refractivity contribution >= 4 is 35.5 Å². The number of nitrogens with one attached hydrogen (secondary N) is 3. The highest BCUT2D eigenvalue weighted by molar-refractivity contribution is 5.89. The van der Waals surface area contributed by atoms with Crippen molar-refractivity contribution < 1.29 is 43.0 Å². The van der Waals surface area contributed by atoms with Crippen LogP contribution >= 0.6 is 0 Å². The summed E-state index contributed by atoms with van der Waals surface area (Å²) in [5, 5.41) is 8.57. The smallest absolute Gasteiger partial charge is 0.322 e. The van der Waals surface area contributed by atoms with Crippen LogP contribution in [0.1, 0.15) is 79.2 Å². The number of carbonyl (C=O) groups excluding carboxylic acids is 6. The second-order valence-electron chi connectivity index (χ2n) is 16.4. The van der Waals surface area contributed by atoms with Crippen LogP contribution in [0.5, 0.6) is 0 Å². The SMILES string of the molecule is CC[C@H](C)[C@@H]([C@@H](CC(=O)N1CCC[C@H]1[C@H](OC)[C@@H](C)C(=O)N[C@@H](Cc1ccccc1)C(=O)NCCCOC(=O)[C@H](C)N)OC)N(C)C(=O)CNC(=O)[C@H](C(C)C)N(C)C. The van der Waals surface area contributed by atoms with Gasteiger partial charge in [0.25, 0.3) is 0 Å². The van der Waals surface area contributed by atoms with E-state index in [1.165, 1.54) is 21.1 Å². The molecule has 0 radical (unpaired) electrons. The number of amides is 5. The van der Waals surface area contributed by atoms with Gasteiger partial charge in [-0.2, -0.15) is 0 Å². The molecule has 1 fully saturated rings. The number of likely N-dealkylation sites (N-methyl/N-ethyl adjacent to an activating group) is 2. The van der Waals surface area contributed by atoms with Gasteiger partial charge < -0.3 is 45.7 Å².